The molecule has 1 aromatic heterocycles. The minimum Gasteiger partial charge on any atom is -0.508 e. The average molecular weight is 327 g/mol. The molecule has 3 rings (SSSR count). The van der Waals surface area contributed by atoms with Crippen molar-refractivity contribution in [1.29, 1.82) is 0 Å². The Morgan fingerprint density at radius 3 is 2.95 bits per heavy atom. The number of carbonyl (C=O) groups is 1. The van der Waals surface area contributed by atoms with E-state index in [-0.39, 0.29) is 29.7 Å². The highest BCUT2D eigenvalue weighted by Gasteiger charge is 2.34. The van der Waals surface area contributed by atoms with Gasteiger partial charge in [-0.05, 0) is 18.2 Å². The van der Waals surface area contributed by atoms with E-state index in [0.717, 1.165) is 4.70 Å². The predicted octanol–water partition coefficient (Wildman–Crippen LogP) is 0.643. The number of nitrogens with two attached hydrogens (primary N) is 1. The van der Waals surface area contributed by atoms with E-state index < -0.39 is 10.0 Å². The van der Waals surface area contributed by atoms with Gasteiger partial charge in [-0.3, -0.25) is 9.69 Å². The van der Waals surface area contributed by atoms with Crippen LogP contribution in [0.2, 0.25) is 0 Å². The molecule has 2 heterocycles. The normalized spacial score (nSPS) is 19.6. The Bertz CT molecular complexity index is 815. The molecule has 0 radical (unpaired) electrons. The second-order valence-electron chi connectivity index (χ2n) is 5.05. The molecule has 112 valence electrons. The zero-order valence-corrected chi connectivity index (χ0v) is 12.5. The van der Waals surface area contributed by atoms with E-state index in [4.69, 9.17) is 5.14 Å². The van der Waals surface area contributed by atoms with Crippen molar-refractivity contribution in [2.24, 2.45) is 11.1 Å². The molecule has 1 unspecified atom stereocenters. The maximum absolute atomic E-state index is 12.0. The molecular formula is C12H13N3O4S2. The van der Waals surface area contributed by atoms with Gasteiger partial charge in [-0.15, -0.1) is 0 Å². The summed E-state index contributed by atoms with van der Waals surface area (Å²) in [4.78, 5) is 17.9. The van der Waals surface area contributed by atoms with Crippen LogP contribution in [0.5, 0.6) is 5.75 Å². The Morgan fingerprint density at radius 1 is 1.48 bits per heavy atom. The first-order valence-corrected chi connectivity index (χ1v) is 8.75. The Balaban J connectivity index is 1.87. The summed E-state index contributed by atoms with van der Waals surface area (Å²) in [5, 5.41) is 15.0. The molecule has 0 saturated carbocycles. The average Bonchev–Trinajstić information content (AvgIpc) is 2.89. The summed E-state index contributed by atoms with van der Waals surface area (Å²) < 4.78 is 23.0. The lowest BCUT2D eigenvalue weighted by atomic mass is 10.1. The number of carbonyl (C=O) groups excluding carboxylic acids is 1. The van der Waals surface area contributed by atoms with Crippen molar-refractivity contribution in [3.63, 3.8) is 0 Å². The second-order valence-corrected chi connectivity index (χ2v) is 7.72. The van der Waals surface area contributed by atoms with E-state index in [2.05, 4.69) is 4.98 Å². The maximum atomic E-state index is 12.0. The zero-order valence-electron chi connectivity index (χ0n) is 10.9. The number of phenols is 1. The van der Waals surface area contributed by atoms with E-state index in [1.165, 1.54) is 22.3 Å². The minimum absolute atomic E-state index is 0.137. The Morgan fingerprint density at radius 2 is 2.24 bits per heavy atom. The van der Waals surface area contributed by atoms with E-state index in [1.807, 2.05) is 0 Å². The molecule has 0 bridgehead atoms. The molecule has 9 heteroatoms. The lowest BCUT2D eigenvalue weighted by Crippen LogP contribution is -2.27. The second kappa shape index (κ2) is 4.93. The van der Waals surface area contributed by atoms with Crippen molar-refractivity contribution in [2.45, 2.75) is 6.42 Å². The SMILES string of the molecule is NS(=O)(=O)CC1CC(=O)N(c2nc3ccc(O)cc3s2)C1. The number of phenolic OH excluding ortho intramolecular Hbond substituents is 1. The maximum Gasteiger partial charge on any atom is 0.229 e. The van der Waals surface area contributed by atoms with Crippen LogP contribution in [-0.4, -0.2) is 36.7 Å². The van der Waals surface area contributed by atoms with Crippen LogP contribution in [0.1, 0.15) is 6.42 Å². The van der Waals surface area contributed by atoms with Gasteiger partial charge in [0.1, 0.15) is 5.75 Å². The van der Waals surface area contributed by atoms with Crippen molar-refractivity contribution >= 4 is 42.6 Å². The topological polar surface area (TPSA) is 114 Å². The van der Waals surface area contributed by atoms with Gasteiger partial charge in [0, 0.05) is 18.9 Å². The summed E-state index contributed by atoms with van der Waals surface area (Å²) in [5.41, 5.74) is 0.690. The molecule has 7 nitrogen and oxygen atoms in total. The Labute approximate surface area is 125 Å². The summed E-state index contributed by atoms with van der Waals surface area (Å²) in [5.74, 6) is -0.543. The summed E-state index contributed by atoms with van der Waals surface area (Å²) >= 11 is 1.29. The number of primary sulfonamides is 1. The Hall–Kier alpha value is -1.71. The highest BCUT2D eigenvalue weighted by Crippen LogP contribution is 2.34. The number of nitrogens with zero attached hydrogens (tertiary/aromatic N) is 2. The number of thiazole rings is 1. The fraction of sp³-hybridized carbons (Fsp3) is 0.333. The van der Waals surface area contributed by atoms with Gasteiger partial charge in [0.05, 0.1) is 16.0 Å². The molecule has 1 atom stereocenters. The number of aromatic hydroxyl groups is 1. The standard InChI is InChI=1S/C12H13N3O4S2/c13-21(18,19)6-7-3-11(17)15(5-7)12-14-9-2-1-8(16)4-10(9)20-12/h1-2,4,7,16H,3,5-6H2,(H2,13,18,19). The quantitative estimate of drug-likeness (QED) is 0.859. The van der Waals surface area contributed by atoms with Gasteiger partial charge >= 0.3 is 0 Å². The number of fused-ring (bicyclic) bond motifs is 1. The van der Waals surface area contributed by atoms with Crippen LogP contribution in [0.4, 0.5) is 5.13 Å². The molecule has 21 heavy (non-hydrogen) atoms. The van der Waals surface area contributed by atoms with E-state index in [0.29, 0.717) is 17.2 Å². The number of amides is 1. The number of rotatable bonds is 3. The summed E-state index contributed by atoms with van der Waals surface area (Å²) in [6, 6.07) is 4.79. The van der Waals surface area contributed by atoms with Crippen molar-refractivity contribution in [1.82, 2.24) is 4.98 Å². The highest BCUT2D eigenvalue weighted by molar-refractivity contribution is 7.89. The summed E-state index contributed by atoms with van der Waals surface area (Å²) in [7, 11) is -3.60. The molecule has 1 aromatic carbocycles. The monoisotopic (exact) mass is 327 g/mol. The molecule has 2 aromatic rings. The van der Waals surface area contributed by atoms with Gasteiger partial charge in [-0.2, -0.15) is 0 Å². The van der Waals surface area contributed by atoms with Gasteiger partial charge in [0.25, 0.3) is 0 Å². The minimum atomic E-state index is -3.60. The van der Waals surface area contributed by atoms with Crippen LogP contribution in [0.25, 0.3) is 10.2 Å². The molecule has 0 aliphatic carbocycles. The number of hydrogen-bond donors (Lipinski definition) is 2. The van der Waals surface area contributed by atoms with Gasteiger partial charge in [-0.1, -0.05) is 11.3 Å². The fourth-order valence-electron chi connectivity index (χ4n) is 2.42. The van der Waals surface area contributed by atoms with Crippen molar-refractivity contribution in [2.75, 3.05) is 17.2 Å². The lowest BCUT2D eigenvalue weighted by molar-refractivity contribution is -0.117. The number of benzene rings is 1. The van der Waals surface area contributed by atoms with Crippen LogP contribution < -0.4 is 10.0 Å². The van der Waals surface area contributed by atoms with Gasteiger partial charge in [-0.25, -0.2) is 18.5 Å². The van der Waals surface area contributed by atoms with Crippen molar-refractivity contribution in [3.8, 4) is 5.75 Å². The van der Waals surface area contributed by atoms with Gasteiger partial charge in [0.2, 0.25) is 15.9 Å². The molecule has 1 saturated heterocycles. The first-order valence-electron chi connectivity index (χ1n) is 6.22. The Kier molecular flexibility index (Phi) is 3.34. The van der Waals surface area contributed by atoms with Crippen molar-refractivity contribution < 1.29 is 18.3 Å². The van der Waals surface area contributed by atoms with E-state index in [9.17, 15) is 18.3 Å². The van der Waals surface area contributed by atoms with Gasteiger partial charge < -0.3 is 5.11 Å². The van der Waals surface area contributed by atoms with Gasteiger partial charge in [0.15, 0.2) is 5.13 Å². The van der Waals surface area contributed by atoms with Crippen LogP contribution in [0.3, 0.4) is 0 Å². The number of aromatic nitrogens is 1. The highest BCUT2D eigenvalue weighted by atomic mass is 32.2. The third kappa shape index (κ3) is 2.99. The molecule has 1 fully saturated rings. The lowest BCUT2D eigenvalue weighted by Gasteiger charge is -2.12. The van der Waals surface area contributed by atoms with E-state index in [1.54, 1.807) is 12.1 Å². The summed E-state index contributed by atoms with van der Waals surface area (Å²) in [6.07, 6.45) is 0.150. The van der Waals surface area contributed by atoms with Crippen LogP contribution in [0.15, 0.2) is 18.2 Å². The number of hydrogen-bond acceptors (Lipinski definition) is 6. The third-order valence-corrected chi connectivity index (χ3v) is 5.24. The van der Waals surface area contributed by atoms with Crippen LogP contribution in [0, 0.1) is 5.92 Å². The predicted molar refractivity (Wildman–Crippen MR) is 79.7 cm³/mol. The number of sulfonamides is 1. The first-order chi connectivity index (χ1) is 9.82. The molecule has 1 amide bonds. The molecule has 0 spiro atoms. The largest absolute Gasteiger partial charge is 0.508 e. The smallest absolute Gasteiger partial charge is 0.229 e. The number of anilines is 1. The molecular weight excluding hydrogens is 314 g/mol. The van der Waals surface area contributed by atoms with E-state index >= 15 is 0 Å². The fourth-order valence-corrected chi connectivity index (χ4v) is 4.33. The van der Waals surface area contributed by atoms with Crippen molar-refractivity contribution in [3.05, 3.63) is 18.2 Å². The molecule has 1 aliphatic rings. The summed E-state index contributed by atoms with van der Waals surface area (Å²) in [6.45, 7) is 0.293. The molecule has 1 aliphatic heterocycles. The molecule has 3 N–H and O–H groups in total. The third-order valence-electron chi connectivity index (χ3n) is 3.26. The van der Waals surface area contributed by atoms with Crippen LogP contribution in [-0.2, 0) is 14.8 Å². The zero-order chi connectivity index (χ0) is 15.2. The first kappa shape index (κ1) is 14.2. The van der Waals surface area contributed by atoms with Crippen LogP contribution >= 0.6 is 11.3 Å².